The van der Waals surface area contributed by atoms with Crippen LogP contribution in [0.1, 0.15) is 298 Å². The second-order valence-corrected chi connectivity index (χ2v) is 25.8. The third kappa shape index (κ3) is 58.3. The zero-order valence-corrected chi connectivity index (χ0v) is 54.6. The lowest BCUT2D eigenvalue weighted by molar-refractivity contribution is -0.161. The molecule has 0 aliphatic rings. The smallest absolute Gasteiger partial charge is 0.462 e. The molecule has 0 heterocycles. The maximum Gasteiger partial charge on any atom is 0.472 e. The van der Waals surface area contributed by atoms with Crippen LogP contribution in [0.5, 0.6) is 0 Å². The molecule has 0 saturated heterocycles. The summed E-state index contributed by atoms with van der Waals surface area (Å²) in [5.41, 5.74) is 0. The third-order valence-electron chi connectivity index (χ3n) is 14.2. The van der Waals surface area contributed by atoms with Crippen LogP contribution < -0.4 is 0 Å². The van der Waals surface area contributed by atoms with E-state index >= 15 is 0 Å². The van der Waals surface area contributed by atoms with Crippen LogP contribution in [0.2, 0.25) is 0 Å². The summed E-state index contributed by atoms with van der Waals surface area (Å²) in [4.78, 5) is 72.1. The molecule has 0 aromatic carbocycles. The van der Waals surface area contributed by atoms with E-state index in [-0.39, 0.29) is 25.7 Å². The van der Waals surface area contributed by atoms with E-state index in [4.69, 9.17) is 37.0 Å². The van der Waals surface area contributed by atoms with Crippen LogP contribution in [-0.4, -0.2) is 96.7 Å². The van der Waals surface area contributed by atoms with Crippen LogP contribution in [0.4, 0.5) is 0 Å². The molecule has 3 N–H and O–H groups in total. The van der Waals surface area contributed by atoms with Gasteiger partial charge in [-0.25, -0.2) is 9.13 Å². The molecule has 0 spiro atoms. The number of ether oxygens (including phenoxy) is 4. The monoisotopic (exact) mass is 1220 g/mol. The van der Waals surface area contributed by atoms with Crippen molar-refractivity contribution in [3.05, 3.63) is 24.3 Å². The van der Waals surface area contributed by atoms with Gasteiger partial charge in [-0.1, -0.05) is 245 Å². The maximum absolute atomic E-state index is 13.0. The SMILES string of the molecule is CCCCCC/C=C\C=C/CCCCCCCC(=O)O[C@H](COC(=O)CCCCCCCCCC(C)C)COP(=O)(O)OC[C@@H](O)COP(=O)(O)OC[C@@H](COC(=O)CCCCCCCCCCC)OC(=O)CCCCCCCCCCC. The van der Waals surface area contributed by atoms with Gasteiger partial charge in [0.05, 0.1) is 26.4 Å². The first kappa shape index (κ1) is 80.5. The van der Waals surface area contributed by atoms with E-state index in [1.165, 1.54) is 103 Å². The van der Waals surface area contributed by atoms with Crippen molar-refractivity contribution in [2.75, 3.05) is 39.6 Å². The Morgan fingerprint density at radius 1 is 0.373 bits per heavy atom. The van der Waals surface area contributed by atoms with E-state index in [0.29, 0.717) is 31.6 Å². The Morgan fingerprint density at radius 2 is 0.651 bits per heavy atom. The van der Waals surface area contributed by atoms with Crippen LogP contribution in [-0.2, 0) is 65.4 Å². The predicted molar refractivity (Wildman–Crippen MR) is 331 cm³/mol. The van der Waals surface area contributed by atoms with E-state index < -0.39 is 97.5 Å². The van der Waals surface area contributed by atoms with Crippen molar-refractivity contribution < 1.29 is 80.2 Å². The van der Waals surface area contributed by atoms with Gasteiger partial charge < -0.3 is 33.8 Å². The molecule has 0 aromatic heterocycles. The highest BCUT2D eigenvalue weighted by Gasteiger charge is 2.30. The number of allylic oxidation sites excluding steroid dienone is 4. The van der Waals surface area contributed by atoms with Gasteiger partial charge in [-0.2, -0.15) is 0 Å². The average Bonchev–Trinajstić information content (AvgIpc) is 3.45. The summed E-state index contributed by atoms with van der Waals surface area (Å²) < 4.78 is 67.9. The molecule has 0 aliphatic heterocycles. The molecular formula is C64H120O17P2. The molecule has 0 bridgehead atoms. The van der Waals surface area contributed by atoms with Gasteiger partial charge in [-0.15, -0.1) is 0 Å². The van der Waals surface area contributed by atoms with Crippen molar-refractivity contribution in [1.82, 2.24) is 0 Å². The van der Waals surface area contributed by atoms with Gasteiger partial charge in [0.15, 0.2) is 12.2 Å². The molecule has 0 saturated carbocycles. The van der Waals surface area contributed by atoms with Crippen LogP contribution in [0.3, 0.4) is 0 Å². The summed E-state index contributed by atoms with van der Waals surface area (Å²) in [5.74, 6) is -1.46. The minimum atomic E-state index is -4.95. The molecule has 17 nitrogen and oxygen atoms in total. The molecule has 0 amide bonds. The molecular weight excluding hydrogens is 1100 g/mol. The van der Waals surface area contributed by atoms with Crippen molar-refractivity contribution in [3.63, 3.8) is 0 Å². The first-order chi connectivity index (χ1) is 40.0. The predicted octanol–water partition coefficient (Wildman–Crippen LogP) is 17.3. The Morgan fingerprint density at radius 3 is 0.988 bits per heavy atom. The fraction of sp³-hybridized carbons (Fsp3) is 0.875. The minimum absolute atomic E-state index is 0.0842. The second kappa shape index (κ2) is 57.3. The molecule has 5 atom stereocenters. The lowest BCUT2D eigenvalue weighted by Crippen LogP contribution is -2.30. The minimum Gasteiger partial charge on any atom is -0.462 e. The normalized spacial score (nSPS) is 14.4. The number of hydrogen-bond donors (Lipinski definition) is 3. The summed E-state index contributed by atoms with van der Waals surface area (Å²) >= 11 is 0. The Bertz CT molecular complexity index is 1710. The number of phosphoric ester groups is 2. The highest BCUT2D eigenvalue weighted by atomic mass is 31.2. The van der Waals surface area contributed by atoms with Gasteiger partial charge in [-0.3, -0.25) is 37.3 Å². The number of unbranched alkanes of at least 4 members (excludes halogenated alkanes) is 31. The Kier molecular flexibility index (Phi) is 55.6. The third-order valence-corrected chi connectivity index (χ3v) is 16.1. The highest BCUT2D eigenvalue weighted by Crippen LogP contribution is 2.45. The largest absolute Gasteiger partial charge is 0.472 e. The Balaban J connectivity index is 5.26. The van der Waals surface area contributed by atoms with E-state index in [9.17, 15) is 43.2 Å². The molecule has 0 aliphatic carbocycles. The number of hydrogen-bond acceptors (Lipinski definition) is 15. The van der Waals surface area contributed by atoms with Gasteiger partial charge in [0, 0.05) is 25.7 Å². The molecule has 0 fully saturated rings. The molecule has 83 heavy (non-hydrogen) atoms. The number of phosphoric acid groups is 2. The molecule has 0 aromatic rings. The van der Waals surface area contributed by atoms with E-state index in [1.807, 2.05) is 0 Å². The number of carbonyl (C=O) groups is 4. The average molecular weight is 1220 g/mol. The van der Waals surface area contributed by atoms with Crippen LogP contribution in [0.15, 0.2) is 24.3 Å². The highest BCUT2D eigenvalue weighted by molar-refractivity contribution is 7.47. The number of esters is 4. The standard InChI is InChI=1S/C64H120O17P2/c1-6-9-12-15-18-21-22-23-24-25-26-29-34-40-45-50-64(69)81-60(54-75-62(67)48-43-38-35-30-31-36-41-46-57(4)5)56-79-83(72,73)77-52-58(65)51-76-82(70,71)78-55-59(80-63(68)49-44-39-33-28-20-17-14-11-8-3)53-74-61(66)47-42-37-32-27-19-16-13-10-7-2/h21-24,57-60,65H,6-20,25-56H2,1-5H3,(H,70,71)(H,72,73)/b22-21-,24-23-/t58-,59+,60+/m0/s1. The fourth-order valence-electron chi connectivity index (χ4n) is 9.04. The molecule has 19 heteroatoms. The first-order valence-electron chi connectivity index (χ1n) is 33.0. The summed E-state index contributed by atoms with van der Waals surface area (Å²) in [6, 6.07) is 0. The van der Waals surface area contributed by atoms with E-state index in [2.05, 4.69) is 58.9 Å². The number of aliphatic hydroxyl groups is 1. The van der Waals surface area contributed by atoms with Crippen molar-refractivity contribution >= 4 is 39.5 Å². The lowest BCUT2D eigenvalue weighted by Gasteiger charge is -2.21. The summed E-state index contributed by atoms with van der Waals surface area (Å²) in [6.45, 7) is 7.04. The molecule has 0 rings (SSSR count). The summed E-state index contributed by atoms with van der Waals surface area (Å²) in [6.07, 6.45) is 44.0. The van der Waals surface area contributed by atoms with E-state index in [0.717, 1.165) is 109 Å². The zero-order chi connectivity index (χ0) is 61.3. The van der Waals surface area contributed by atoms with Crippen LogP contribution >= 0.6 is 15.6 Å². The fourth-order valence-corrected chi connectivity index (χ4v) is 10.6. The molecule has 2 unspecified atom stereocenters. The number of rotatable bonds is 62. The van der Waals surface area contributed by atoms with Gasteiger partial charge in [-0.05, 0) is 57.3 Å². The van der Waals surface area contributed by atoms with Crippen molar-refractivity contribution in [2.45, 2.75) is 316 Å². The van der Waals surface area contributed by atoms with Crippen LogP contribution in [0.25, 0.3) is 0 Å². The second-order valence-electron chi connectivity index (χ2n) is 22.9. The quantitative estimate of drug-likeness (QED) is 0.0169. The van der Waals surface area contributed by atoms with Gasteiger partial charge in [0.25, 0.3) is 0 Å². The summed E-state index contributed by atoms with van der Waals surface area (Å²) in [5, 5.41) is 10.5. The molecule has 0 radical (unpaired) electrons. The van der Waals surface area contributed by atoms with Gasteiger partial charge in [0.1, 0.15) is 19.3 Å². The van der Waals surface area contributed by atoms with Crippen molar-refractivity contribution in [2.24, 2.45) is 5.92 Å². The number of aliphatic hydroxyl groups excluding tert-OH is 1. The van der Waals surface area contributed by atoms with Gasteiger partial charge in [0.2, 0.25) is 0 Å². The zero-order valence-electron chi connectivity index (χ0n) is 52.8. The van der Waals surface area contributed by atoms with Crippen molar-refractivity contribution in [1.29, 1.82) is 0 Å². The Hall–Kier alpha value is -2.46. The van der Waals surface area contributed by atoms with Crippen molar-refractivity contribution in [3.8, 4) is 0 Å². The number of carbonyl (C=O) groups excluding carboxylic acids is 4. The topological polar surface area (TPSA) is 237 Å². The van der Waals surface area contributed by atoms with Gasteiger partial charge >= 0.3 is 39.5 Å². The first-order valence-corrected chi connectivity index (χ1v) is 35.9. The summed E-state index contributed by atoms with van der Waals surface area (Å²) in [7, 11) is -9.89. The molecule has 488 valence electrons. The Labute approximate surface area is 503 Å². The lowest BCUT2D eigenvalue weighted by atomic mass is 10.0. The van der Waals surface area contributed by atoms with Crippen LogP contribution in [0, 0.1) is 5.92 Å². The van der Waals surface area contributed by atoms with E-state index in [1.54, 1.807) is 0 Å². The maximum atomic E-state index is 13.0.